The number of primary amides is 1. The van der Waals surface area contributed by atoms with E-state index in [0.29, 0.717) is 4.88 Å². The number of thioether (sulfide) groups is 1. The smallest absolute Gasteiger partial charge is 0.260 e. The van der Waals surface area contributed by atoms with E-state index in [1.54, 1.807) is 18.9 Å². The van der Waals surface area contributed by atoms with Crippen molar-refractivity contribution in [3.05, 3.63) is 40.9 Å². The van der Waals surface area contributed by atoms with Crippen molar-refractivity contribution in [2.45, 2.75) is 44.2 Å². The molecule has 2 rings (SSSR count). The fraction of sp³-hybridized carbons (Fsp3) is 0.412. The molecule has 0 bridgehead atoms. The van der Waals surface area contributed by atoms with Crippen molar-refractivity contribution in [1.82, 2.24) is 4.98 Å². The highest BCUT2D eigenvalue weighted by atomic mass is 32.2. The number of methoxy groups -OCH3 is 1. The van der Waals surface area contributed by atoms with Crippen molar-refractivity contribution in [1.29, 1.82) is 0 Å². The van der Waals surface area contributed by atoms with E-state index in [9.17, 15) is 4.79 Å². The number of nitrogens with zero attached hydrogens (tertiary/aromatic N) is 1. The number of nitrogens with two attached hydrogens (primary N) is 1. The monoisotopic (exact) mass is 354 g/mol. The summed E-state index contributed by atoms with van der Waals surface area (Å²) in [7, 11) is 1.64. The topological polar surface area (TPSA) is 65.2 Å². The molecule has 0 spiro atoms. The van der Waals surface area contributed by atoms with Crippen molar-refractivity contribution in [3.63, 3.8) is 0 Å². The molecule has 0 fully saturated rings. The van der Waals surface area contributed by atoms with E-state index >= 15 is 0 Å². The highest BCUT2D eigenvalue weighted by Gasteiger charge is 2.07. The molecule has 0 aliphatic carbocycles. The van der Waals surface area contributed by atoms with E-state index in [1.165, 1.54) is 29.5 Å². The minimum absolute atomic E-state index is 0.427. The summed E-state index contributed by atoms with van der Waals surface area (Å²) >= 11 is 2.90. The number of aromatic nitrogens is 1. The third-order valence-corrected chi connectivity index (χ3v) is 4.49. The van der Waals surface area contributed by atoms with E-state index in [4.69, 9.17) is 10.5 Å². The Labute approximate surface area is 147 Å². The summed E-state index contributed by atoms with van der Waals surface area (Å²) < 4.78 is 5.94. The maximum Gasteiger partial charge on any atom is 0.260 e. The summed E-state index contributed by atoms with van der Waals surface area (Å²) in [5, 5.41) is 0. The molecule has 1 aromatic heterocycles. The van der Waals surface area contributed by atoms with Crippen LogP contribution in [-0.4, -0.2) is 18.0 Å². The van der Waals surface area contributed by atoms with Crippen LogP contribution in [0.4, 0.5) is 0 Å². The molecule has 0 saturated heterocycles. The van der Waals surface area contributed by atoms with Crippen LogP contribution >= 0.6 is 23.1 Å². The van der Waals surface area contributed by atoms with Crippen molar-refractivity contribution in [2.24, 2.45) is 5.73 Å². The summed E-state index contributed by atoms with van der Waals surface area (Å²) in [6.07, 6.45) is 2.77. The molecule has 4 nitrogen and oxygen atoms in total. The van der Waals surface area contributed by atoms with Gasteiger partial charge in [0.15, 0.2) is 4.34 Å². The molecular formula is C17H26N2O2S2. The molecule has 0 unspecified atom stereocenters. The molecule has 0 saturated carbocycles. The number of carbonyl (C=O) groups excluding carboxylic acids is 1. The summed E-state index contributed by atoms with van der Waals surface area (Å²) in [5.41, 5.74) is 6.35. The number of amides is 1. The molecule has 2 N–H and O–H groups in total. The molecule has 6 heteroatoms. The fourth-order valence-corrected chi connectivity index (χ4v) is 3.10. The van der Waals surface area contributed by atoms with E-state index in [-0.39, 0.29) is 0 Å². The van der Waals surface area contributed by atoms with Crippen LogP contribution in [-0.2, 0) is 5.75 Å². The zero-order chi connectivity index (χ0) is 17.7. The van der Waals surface area contributed by atoms with Gasteiger partial charge in [-0.25, -0.2) is 4.98 Å². The van der Waals surface area contributed by atoms with Crippen LogP contribution in [0, 0.1) is 0 Å². The lowest BCUT2D eigenvalue weighted by Crippen LogP contribution is -2.08. The maximum atomic E-state index is 10.9. The van der Waals surface area contributed by atoms with Crippen molar-refractivity contribution in [3.8, 4) is 5.75 Å². The first-order valence-corrected chi connectivity index (χ1v) is 9.42. The zero-order valence-corrected chi connectivity index (χ0v) is 16.1. The molecule has 0 aliphatic rings. The lowest BCUT2D eigenvalue weighted by atomic mass is 10.2. The first kappa shape index (κ1) is 21.5. The Morgan fingerprint density at radius 1 is 1.26 bits per heavy atom. The van der Waals surface area contributed by atoms with Gasteiger partial charge in [-0.05, 0) is 17.7 Å². The first-order valence-electron chi connectivity index (χ1n) is 7.62. The number of hydrogen-bond donors (Lipinski definition) is 1. The maximum absolute atomic E-state index is 10.9. The molecule has 1 amide bonds. The first-order chi connectivity index (χ1) is 11.1. The number of ether oxygens (including phenoxy) is 1. The van der Waals surface area contributed by atoms with E-state index < -0.39 is 5.91 Å². The Balaban J connectivity index is 0.000000868. The van der Waals surface area contributed by atoms with Crippen LogP contribution in [0.3, 0.4) is 0 Å². The standard InChI is InChI=1S/C12H12N2O2S2.C3H8.C2H6/c1-16-9-4-2-8(3-5-9)7-17-12-14-6-10(18-12)11(13)15;1-3-2;1-2/h2-6H,7H2,1H3,(H2,13,15);3H2,1-2H3;1-2H3. The van der Waals surface area contributed by atoms with Crippen molar-refractivity contribution in [2.75, 3.05) is 7.11 Å². The molecule has 2 aromatic rings. The summed E-state index contributed by atoms with van der Waals surface area (Å²) in [6.45, 7) is 8.25. The third kappa shape index (κ3) is 8.62. The van der Waals surface area contributed by atoms with Gasteiger partial charge in [0.1, 0.15) is 10.6 Å². The second kappa shape index (κ2) is 13.0. The van der Waals surface area contributed by atoms with Crippen LogP contribution in [0.25, 0.3) is 0 Å². The molecule has 128 valence electrons. The molecule has 1 aromatic carbocycles. The Morgan fingerprint density at radius 2 is 1.83 bits per heavy atom. The number of hydrogen-bond acceptors (Lipinski definition) is 5. The van der Waals surface area contributed by atoms with Gasteiger partial charge in [-0.2, -0.15) is 0 Å². The van der Waals surface area contributed by atoms with Gasteiger partial charge in [-0.15, -0.1) is 11.3 Å². The zero-order valence-electron chi connectivity index (χ0n) is 14.5. The quantitative estimate of drug-likeness (QED) is 0.769. The average Bonchev–Trinajstić information content (AvgIpc) is 3.05. The minimum atomic E-state index is -0.427. The van der Waals surface area contributed by atoms with Crippen LogP contribution in [0.2, 0.25) is 0 Å². The fourth-order valence-electron chi connectivity index (χ4n) is 1.31. The predicted molar refractivity (Wildman–Crippen MR) is 100 cm³/mol. The number of rotatable bonds is 5. The predicted octanol–water partition coefficient (Wildman–Crippen LogP) is 4.99. The number of carbonyl (C=O) groups is 1. The van der Waals surface area contributed by atoms with Crippen molar-refractivity contribution >= 4 is 29.0 Å². The van der Waals surface area contributed by atoms with Gasteiger partial charge in [-0.3, -0.25) is 4.79 Å². The third-order valence-electron chi connectivity index (χ3n) is 2.25. The minimum Gasteiger partial charge on any atom is -0.497 e. The second-order valence-corrected chi connectivity index (χ2v) is 6.45. The van der Waals surface area contributed by atoms with Crippen molar-refractivity contribution < 1.29 is 9.53 Å². The molecule has 23 heavy (non-hydrogen) atoms. The van der Waals surface area contributed by atoms with Gasteiger partial charge in [0.25, 0.3) is 5.91 Å². The van der Waals surface area contributed by atoms with Gasteiger partial charge in [0, 0.05) is 5.75 Å². The number of thiazole rings is 1. The second-order valence-electron chi connectivity index (χ2n) is 4.20. The van der Waals surface area contributed by atoms with Gasteiger partial charge in [0.05, 0.1) is 13.3 Å². The molecule has 1 heterocycles. The van der Waals surface area contributed by atoms with Crippen LogP contribution in [0.5, 0.6) is 5.75 Å². The van der Waals surface area contributed by atoms with E-state index in [1.807, 2.05) is 38.1 Å². The van der Waals surface area contributed by atoms with Gasteiger partial charge in [0.2, 0.25) is 0 Å². The van der Waals surface area contributed by atoms with Crippen LogP contribution < -0.4 is 10.5 Å². The SMILES string of the molecule is CC.CCC.COc1ccc(CSc2ncc(C(N)=O)s2)cc1. The van der Waals surface area contributed by atoms with E-state index in [0.717, 1.165) is 15.8 Å². The lowest BCUT2D eigenvalue weighted by molar-refractivity contribution is 0.100. The summed E-state index contributed by atoms with van der Waals surface area (Å²) in [6, 6.07) is 7.86. The average molecular weight is 355 g/mol. The summed E-state index contributed by atoms with van der Waals surface area (Å²) in [5.74, 6) is 1.22. The van der Waals surface area contributed by atoms with Gasteiger partial charge < -0.3 is 10.5 Å². The van der Waals surface area contributed by atoms with Gasteiger partial charge in [-0.1, -0.05) is 58.0 Å². The Hall–Kier alpha value is -1.53. The largest absolute Gasteiger partial charge is 0.497 e. The van der Waals surface area contributed by atoms with Gasteiger partial charge >= 0.3 is 0 Å². The number of benzene rings is 1. The Bertz CT molecular complexity index is 554. The Morgan fingerprint density at radius 3 is 2.26 bits per heavy atom. The van der Waals surface area contributed by atoms with Crippen LogP contribution in [0.15, 0.2) is 34.8 Å². The van der Waals surface area contributed by atoms with E-state index in [2.05, 4.69) is 18.8 Å². The highest BCUT2D eigenvalue weighted by Crippen LogP contribution is 2.27. The van der Waals surface area contributed by atoms with Crippen LogP contribution in [0.1, 0.15) is 49.4 Å². The summed E-state index contributed by atoms with van der Waals surface area (Å²) in [4.78, 5) is 15.6. The molecule has 0 atom stereocenters. The highest BCUT2D eigenvalue weighted by molar-refractivity contribution is 8.00. The molecular weight excluding hydrogens is 328 g/mol. The molecule has 0 radical (unpaired) electrons. The Kier molecular flexibility index (Phi) is 12.1. The normalized spacial score (nSPS) is 9.09. The lowest BCUT2D eigenvalue weighted by Gasteiger charge is -2.01. The molecule has 0 aliphatic heterocycles.